The van der Waals surface area contributed by atoms with E-state index in [2.05, 4.69) is 59.4 Å². The lowest BCUT2D eigenvalue weighted by Gasteiger charge is -2.43. The van der Waals surface area contributed by atoms with Crippen LogP contribution in [0, 0.1) is 0 Å². The molecule has 0 unspecified atom stereocenters. The third-order valence-electron chi connectivity index (χ3n) is 6.16. The van der Waals surface area contributed by atoms with Gasteiger partial charge in [-0.2, -0.15) is 0 Å². The summed E-state index contributed by atoms with van der Waals surface area (Å²) < 4.78 is 17.2. The van der Waals surface area contributed by atoms with E-state index in [1.54, 1.807) is 6.08 Å². The largest absolute Gasteiger partial charge is 0.466 e. The number of rotatable bonds is 10. The van der Waals surface area contributed by atoms with Gasteiger partial charge < -0.3 is 23.5 Å². The molecule has 0 aromatic carbocycles. The van der Waals surface area contributed by atoms with E-state index in [9.17, 15) is 14.7 Å². The second kappa shape index (κ2) is 10.5. The van der Waals surface area contributed by atoms with E-state index in [0.717, 1.165) is 0 Å². The van der Waals surface area contributed by atoms with E-state index in [-0.39, 0.29) is 16.5 Å². The summed E-state index contributed by atoms with van der Waals surface area (Å²) in [5, 5.41) is 10.9. The van der Waals surface area contributed by atoms with E-state index >= 15 is 0 Å². The zero-order chi connectivity index (χ0) is 23.3. The van der Waals surface area contributed by atoms with E-state index in [0.29, 0.717) is 6.29 Å². The van der Waals surface area contributed by atoms with Gasteiger partial charge in [-0.1, -0.05) is 47.6 Å². The molecule has 0 radical (unpaired) electrons. The van der Waals surface area contributed by atoms with Crippen LogP contribution in [-0.2, 0) is 23.2 Å². The molecule has 0 spiro atoms. The van der Waals surface area contributed by atoms with Crippen LogP contribution in [0.25, 0.3) is 0 Å². The molecule has 6 nitrogen and oxygen atoms in total. The highest BCUT2D eigenvalue weighted by molar-refractivity contribution is 6.74. The summed E-state index contributed by atoms with van der Waals surface area (Å²) in [4.78, 5) is 23.3. The van der Waals surface area contributed by atoms with Gasteiger partial charge in [0.25, 0.3) is 0 Å². The maximum absolute atomic E-state index is 11.8. The van der Waals surface area contributed by atoms with Crippen molar-refractivity contribution in [3.8, 4) is 0 Å². The molecule has 0 amide bonds. The van der Waals surface area contributed by atoms with Gasteiger partial charge in [-0.05, 0) is 42.7 Å². The van der Waals surface area contributed by atoms with Crippen molar-refractivity contribution < 1.29 is 28.3 Å². The predicted molar refractivity (Wildman–Crippen MR) is 122 cm³/mol. The first-order chi connectivity index (χ1) is 12.9. The molecule has 0 aliphatic heterocycles. The fourth-order valence-electron chi connectivity index (χ4n) is 2.09. The van der Waals surface area contributed by atoms with Gasteiger partial charge in [0.15, 0.2) is 16.6 Å². The summed E-state index contributed by atoms with van der Waals surface area (Å²) in [7, 11) is -3.21. The van der Waals surface area contributed by atoms with Crippen LogP contribution in [-0.4, -0.2) is 59.4 Å². The number of aliphatic hydroxyl groups excluding tert-OH is 1. The Morgan fingerprint density at radius 1 is 0.966 bits per heavy atom. The number of aldehydes is 1. The Morgan fingerprint density at radius 3 is 1.79 bits per heavy atom. The highest BCUT2D eigenvalue weighted by atomic mass is 28.4. The molecule has 1 N–H and O–H groups in total. The highest BCUT2D eigenvalue weighted by Crippen LogP contribution is 2.40. The second-order valence-corrected chi connectivity index (χ2v) is 20.1. The van der Waals surface area contributed by atoms with Gasteiger partial charge >= 0.3 is 5.97 Å². The van der Waals surface area contributed by atoms with Crippen LogP contribution in [0.3, 0.4) is 0 Å². The first kappa shape index (κ1) is 28.2. The Balaban J connectivity index is 5.74. The number of esters is 1. The van der Waals surface area contributed by atoms with Crippen molar-refractivity contribution in [3.63, 3.8) is 0 Å². The molecule has 0 aliphatic carbocycles. The number of carbonyl (C=O) groups is 2. The lowest BCUT2D eigenvalue weighted by Crippen LogP contribution is -2.53. The first-order valence-corrected chi connectivity index (χ1v) is 15.9. The van der Waals surface area contributed by atoms with Crippen LogP contribution in [0.2, 0.25) is 36.3 Å². The van der Waals surface area contributed by atoms with Gasteiger partial charge in [0.1, 0.15) is 18.5 Å². The number of carbonyl (C=O) groups excluding carboxylic acids is 2. The summed E-state index contributed by atoms with van der Waals surface area (Å²) in [5.41, 5.74) is 0. The lowest BCUT2D eigenvalue weighted by atomic mass is 10.1. The van der Waals surface area contributed by atoms with Gasteiger partial charge in [0.2, 0.25) is 0 Å². The molecule has 170 valence electrons. The Labute approximate surface area is 179 Å². The zero-order valence-electron chi connectivity index (χ0n) is 20.2. The molecule has 0 heterocycles. The number of methoxy groups -OCH3 is 1. The summed E-state index contributed by atoms with van der Waals surface area (Å²) >= 11 is 0. The minimum Gasteiger partial charge on any atom is -0.466 e. The summed E-state index contributed by atoms with van der Waals surface area (Å²) in [6.45, 7) is 20.8. The molecule has 0 aromatic rings. The van der Waals surface area contributed by atoms with E-state index in [1.807, 2.05) is 13.1 Å². The Hall–Kier alpha value is -0.806. The Morgan fingerprint density at radius 2 is 1.41 bits per heavy atom. The normalized spacial score (nSPS) is 17.1. The number of hydrogen-bond donors (Lipinski definition) is 1. The molecule has 0 rings (SSSR count). The molecule has 0 aromatic heterocycles. The zero-order valence-corrected chi connectivity index (χ0v) is 22.2. The minimum atomic E-state index is -2.28. The van der Waals surface area contributed by atoms with Gasteiger partial charge in [-0.3, -0.25) is 0 Å². The van der Waals surface area contributed by atoms with Gasteiger partial charge in [-0.15, -0.1) is 0 Å². The number of hydrogen-bond acceptors (Lipinski definition) is 6. The van der Waals surface area contributed by atoms with Crippen LogP contribution in [0.5, 0.6) is 0 Å². The molecule has 3 atom stereocenters. The molecule has 0 aliphatic rings. The molecule has 0 saturated heterocycles. The maximum Gasteiger partial charge on any atom is 0.330 e. The molecule has 29 heavy (non-hydrogen) atoms. The quantitative estimate of drug-likeness (QED) is 0.231. The van der Waals surface area contributed by atoms with Gasteiger partial charge in [0, 0.05) is 6.08 Å². The van der Waals surface area contributed by atoms with Crippen LogP contribution < -0.4 is 0 Å². The third-order valence-corrected chi connectivity index (χ3v) is 15.1. The van der Waals surface area contributed by atoms with Crippen molar-refractivity contribution in [1.82, 2.24) is 0 Å². The standard InChI is InChI=1S/C21H42O6Si2/c1-20(2,3)28(8,9)26-16(13-12-14-18(23)25-7)19(24)17(15-22)27-29(10,11)21(4,5)6/h12,14-17,19,24H,13H2,1-11H3/b14-12+/t16-,17-,19+/m0/s1. The average molecular weight is 447 g/mol. The fraction of sp³-hybridized carbons (Fsp3) is 0.810. The van der Waals surface area contributed by atoms with Gasteiger partial charge in [-0.25, -0.2) is 4.79 Å². The van der Waals surface area contributed by atoms with Crippen LogP contribution in [0.4, 0.5) is 0 Å². The van der Waals surface area contributed by atoms with Crippen molar-refractivity contribution in [1.29, 1.82) is 0 Å². The SMILES string of the molecule is COC(=O)/C=C/C[C@H](O[Si](C)(C)C(C)(C)C)[C@@H](O)[C@H](C=O)O[Si](C)(C)C(C)(C)C. The Kier molecular flexibility index (Phi) is 10.2. The van der Waals surface area contributed by atoms with Crippen LogP contribution in [0.1, 0.15) is 48.0 Å². The Bertz CT molecular complexity index is 573. The maximum atomic E-state index is 11.8. The minimum absolute atomic E-state index is 0.0754. The summed E-state index contributed by atoms with van der Waals surface area (Å²) in [6.07, 6.45) is 1.05. The third kappa shape index (κ3) is 8.45. The van der Waals surface area contributed by atoms with E-state index in [4.69, 9.17) is 8.85 Å². The van der Waals surface area contributed by atoms with Crippen molar-refractivity contribution >= 4 is 28.9 Å². The second-order valence-electron chi connectivity index (χ2n) is 10.5. The molecule has 0 bridgehead atoms. The van der Waals surface area contributed by atoms with E-state index < -0.39 is 40.9 Å². The molecular formula is C21H42O6Si2. The predicted octanol–water partition coefficient (Wildman–Crippen LogP) is 4.45. The monoisotopic (exact) mass is 446 g/mol. The molecule has 0 saturated carbocycles. The average Bonchev–Trinajstić information content (AvgIpc) is 2.55. The number of ether oxygens (including phenoxy) is 1. The molecule has 8 heteroatoms. The highest BCUT2D eigenvalue weighted by Gasteiger charge is 2.44. The van der Waals surface area contributed by atoms with Crippen molar-refractivity contribution in [2.45, 2.75) is 103 Å². The van der Waals surface area contributed by atoms with Crippen LogP contribution >= 0.6 is 0 Å². The first-order valence-electron chi connectivity index (χ1n) is 10.1. The van der Waals surface area contributed by atoms with E-state index in [1.165, 1.54) is 13.2 Å². The van der Waals surface area contributed by atoms with Crippen LogP contribution in [0.15, 0.2) is 12.2 Å². The summed E-state index contributed by atoms with van der Waals surface area (Å²) in [6, 6.07) is 0. The number of aliphatic hydroxyl groups is 1. The fourth-order valence-corrected chi connectivity index (χ4v) is 4.66. The smallest absolute Gasteiger partial charge is 0.330 e. The van der Waals surface area contributed by atoms with Crippen molar-refractivity contribution in [2.75, 3.05) is 7.11 Å². The lowest BCUT2D eigenvalue weighted by molar-refractivity contribution is -0.135. The van der Waals surface area contributed by atoms with Gasteiger partial charge in [0.05, 0.1) is 13.2 Å². The summed E-state index contributed by atoms with van der Waals surface area (Å²) in [5.74, 6) is -0.477. The molecule has 0 fully saturated rings. The van der Waals surface area contributed by atoms with Crippen molar-refractivity contribution in [2.24, 2.45) is 0 Å². The van der Waals surface area contributed by atoms with Crippen molar-refractivity contribution in [3.05, 3.63) is 12.2 Å². The topological polar surface area (TPSA) is 82.1 Å². The molecular weight excluding hydrogens is 404 g/mol.